The summed E-state index contributed by atoms with van der Waals surface area (Å²) in [6.45, 7) is 2.15. The summed E-state index contributed by atoms with van der Waals surface area (Å²) in [5.41, 5.74) is 4.17. The normalized spacial score (nSPS) is 18.3. The molecular weight excluding hydrogens is 382 g/mol. The van der Waals surface area contributed by atoms with E-state index in [1.165, 1.54) is 12.0 Å². The van der Waals surface area contributed by atoms with Crippen molar-refractivity contribution in [3.63, 3.8) is 0 Å². The van der Waals surface area contributed by atoms with E-state index < -0.39 is 0 Å². The summed E-state index contributed by atoms with van der Waals surface area (Å²) in [6, 6.07) is 2.00. The van der Waals surface area contributed by atoms with Crippen LogP contribution in [0.3, 0.4) is 0 Å². The first kappa shape index (κ1) is 16.8. The third kappa shape index (κ3) is 3.37. The average molecular weight is 404 g/mol. The molecule has 5 nitrogen and oxygen atoms in total. The first-order valence-electron chi connectivity index (χ1n) is 8.96. The Labute approximate surface area is 155 Å². The zero-order chi connectivity index (χ0) is 17.2. The van der Waals surface area contributed by atoms with Gasteiger partial charge in [0.2, 0.25) is 0 Å². The molecule has 0 bridgehead atoms. The van der Waals surface area contributed by atoms with Crippen molar-refractivity contribution in [2.24, 2.45) is 0 Å². The average Bonchev–Trinajstić information content (AvgIpc) is 2.92. The number of hydrogen-bond acceptors (Lipinski definition) is 3. The molecule has 2 aromatic rings. The van der Waals surface area contributed by atoms with Crippen LogP contribution in [0.5, 0.6) is 0 Å². The predicted octanol–water partition coefficient (Wildman–Crippen LogP) is 4.11. The van der Waals surface area contributed by atoms with Crippen molar-refractivity contribution in [1.29, 1.82) is 0 Å². The van der Waals surface area contributed by atoms with Gasteiger partial charge >= 0.3 is 5.69 Å². The van der Waals surface area contributed by atoms with Crippen LogP contribution in [-0.4, -0.2) is 27.3 Å². The number of aryl methyl sites for hydroxylation is 1. The Morgan fingerprint density at radius 3 is 2.92 bits per heavy atom. The van der Waals surface area contributed by atoms with Gasteiger partial charge in [-0.15, -0.1) is 0 Å². The van der Waals surface area contributed by atoms with E-state index in [2.05, 4.69) is 33.1 Å². The van der Waals surface area contributed by atoms with Crippen LogP contribution in [0, 0.1) is 0 Å². The highest BCUT2D eigenvalue weighted by Gasteiger charge is 2.19. The number of pyridine rings is 1. The van der Waals surface area contributed by atoms with Gasteiger partial charge in [0.1, 0.15) is 0 Å². The maximum absolute atomic E-state index is 13.2. The van der Waals surface area contributed by atoms with Crippen LogP contribution in [0.25, 0.3) is 16.9 Å². The van der Waals surface area contributed by atoms with Gasteiger partial charge in [0.15, 0.2) is 5.65 Å². The molecule has 6 heteroatoms. The zero-order valence-corrected chi connectivity index (χ0v) is 15.8. The van der Waals surface area contributed by atoms with Crippen LogP contribution in [0.15, 0.2) is 39.3 Å². The van der Waals surface area contributed by atoms with Crippen molar-refractivity contribution >= 4 is 32.8 Å². The molecule has 1 aliphatic carbocycles. The predicted molar refractivity (Wildman–Crippen MR) is 103 cm³/mol. The second-order valence-electron chi connectivity index (χ2n) is 6.64. The van der Waals surface area contributed by atoms with Crippen molar-refractivity contribution in [2.45, 2.75) is 45.1 Å². The SMILES string of the molecule is O=c1n(CCC2=CCOCC2)c2cc(Br)cnc2n1C1=CCCCC1. The molecule has 2 aromatic heterocycles. The lowest BCUT2D eigenvalue weighted by atomic mass is 10.0. The van der Waals surface area contributed by atoms with E-state index in [0.29, 0.717) is 13.2 Å². The molecular formula is C19H22BrN3O2. The number of ether oxygens (including phenoxy) is 1. The maximum atomic E-state index is 13.2. The molecule has 132 valence electrons. The van der Waals surface area contributed by atoms with Crippen LogP contribution in [0.4, 0.5) is 0 Å². The molecule has 2 aliphatic rings. The Kier molecular flexibility index (Phi) is 4.90. The van der Waals surface area contributed by atoms with Gasteiger partial charge in [-0.05, 0) is 60.5 Å². The van der Waals surface area contributed by atoms with Gasteiger partial charge in [-0.2, -0.15) is 0 Å². The summed E-state index contributed by atoms with van der Waals surface area (Å²) in [4.78, 5) is 17.7. The first-order chi connectivity index (χ1) is 12.2. The Balaban J connectivity index is 1.76. The molecule has 0 atom stereocenters. The van der Waals surface area contributed by atoms with Crippen LogP contribution < -0.4 is 5.69 Å². The molecule has 25 heavy (non-hydrogen) atoms. The monoisotopic (exact) mass is 403 g/mol. The second kappa shape index (κ2) is 7.30. The number of aromatic nitrogens is 3. The van der Waals surface area contributed by atoms with Gasteiger partial charge in [-0.25, -0.2) is 14.3 Å². The fourth-order valence-corrected chi connectivity index (χ4v) is 3.97. The summed E-state index contributed by atoms with van der Waals surface area (Å²) in [7, 11) is 0. The highest BCUT2D eigenvalue weighted by atomic mass is 79.9. The van der Waals surface area contributed by atoms with Crippen LogP contribution in [0.2, 0.25) is 0 Å². The fraction of sp³-hybridized carbons (Fsp3) is 0.474. The largest absolute Gasteiger partial charge is 0.377 e. The summed E-state index contributed by atoms with van der Waals surface area (Å²) >= 11 is 3.49. The van der Waals surface area contributed by atoms with E-state index in [0.717, 1.165) is 60.0 Å². The quantitative estimate of drug-likeness (QED) is 0.721. The van der Waals surface area contributed by atoms with Gasteiger partial charge in [-0.1, -0.05) is 17.7 Å². The Morgan fingerprint density at radius 2 is 2.16 bits per heavy atom. The number of fused-ring (bicyclic) bond motifs is 1. The second-order valence-corrected chi connectivity index (χ2v) is 7.56. The molecule has 0 saturated heterocycles. The standard InChI is InChI=1S/C19H22BrN3O2/c20-15-12-17-18(21-13-15)23(16-4-2-1-3-5-16)19(24)22(17)9-6-14-7-10-25-11-8-14/h4,7,12-13H,1-3,5-6,8-11H2. The number of nitrogens with zero attached hydrogens (tertiary/aromatic N) is 3. The molecule has 0 unspecified atom stereocenters. The molecule has 4 rings (SSSR count). The summed E-state index contributed by atoms with van der Waals surface area (Å²) in [6.07, 6.45) is 12.3. The zero-order valence-electron chi connectivity index (χ0n) is 14.2. The molecule has 0 spiro atoms. The smallest absolute Gasteiger partial charge is 0.334 e. The number of hydrogen-bond donors (Lipinski definition) is 0. The summed E-state index contributed by atoms with van der Waals surface area (Å²) in [5, 5.41) is 0. The minimum Gasteiger partial charge on any atom is -0.377 e. The Morgan fingerprint density at radius 1 is 1.24 bits per heavy atom. The summed E-state index contributed by atoms with van der Waals surface area (Å²) < 4.78 is 9.96. The number of rotatable bonds is 4. The fourth-order valence-electron chi connectivity index (χ4n) is 3.65. The Hall–Kier alpha value is -1.66. The van der Waals surface area contributed by atoms with Crippen molar-refractivity contribution < 1.29 is 4.74 Å². The number of imidazole rings is 1. The molecule has 0 N–H and O–H groups in total. The Bertz CT molecular complexity index is 907. The topological polar surface area (TPSA) is 49.1 Å². The van der Waals surface area contributed by atoms with E-state index in [-0.39, 0.29) is 5.69 Å². The van der Waals surface area contributed by atoms with Crippen LogP contribution in [-0.2, 0) is 11.3 Å². The van der Waals surface area contributed by atoms with E-state index in [1.807, 2.05) is 15.2 Å². The van der Waals surface area contributed by atoms with E-state index in [1.54, 1.807) is 6.20 Å². The van der Waals surface area contributed by atoms with Gasteiger partial charge in [-0.3, -0.25) is 4.57 Å². The van der Waals surface area contributed by atoms with Crippen molar-refractivity contribution in [1.82, 2.24) is 14.1 Å². The van der Waals surface area contributed by atoms with Crippen molar-refractivity contribution in [3.8, 4) is 0 Å². The number of allylic oxidation sites excluding steroid dienone is 2. The van der Waals surface area contributed by atoms with Crippen molar-refractivity contribution in [3.05, 3.63) is 44.9 Å². The molecule has 0 fully saturated rings. The van der Waals surface area contributed by atoms with Gasteiger partial charge < -0.3 is 4.74 Å². The minimum absolute atomic E-state index is 0.0291. The van der Waals surface area contributed by atoms with E-state index in [4.69, 9.17) is 4.74 Å². The van der Waals surface area contributed by atoms with Crippen LogP contribution in [0.1, 0.15) is 38.5 Å². The van der Waals surface area contributed by atoms with Gasteiger partial charge in [0.25, 0.3) is 0 Å². The lowest BCUT2D eigenvalue weighted by Gasteiger charge is -2.14. The molecule has 3 heterocycles. The first-order valence-corrected chi connectivity index (χ1v) is 9.75. The van der Waals surface area contributed by atoms with Crippen molar-refractivity contribution in [2.75, 3.05) is 13.2 Å². The van der Waals surface area contributed by atoms with Crippen LogP contribution >= 0.6 is 15.9 Å². The lowest BCUT2D eigenvalue weighted by Crippen LogP contribution is -2.25. The third-order valence-corrected chi connectivity index (χ3v) is 5.44. The highest BCUT2D eigenvalue weighted by molar-refractivity contribution is 9.10. The maximum Gasteiger partial charge on any atom is 0.334 e. The molecule has 0 amide bonds. The third-order valence-electron chi connectivity index (χ3n) is 5.01. The number of halogens is 1. The molecule has 0 saturated carbocycles. The van der Waals surface area contributed by atoms with E-state index in [9.17, 15) is 4.79 Å². The lowest BCUT2D eigenvalue weighted by molar-refractivity contribution is 0.153. The van der Waals surface area contributed by atoms with Gasteiger partial charge in [0, 0.05) is 22.9 Å². The highest BCUT2D eigenvalue weighted by Crippen LogP contribution is 2.25. The van der Waals surface area contributed by atoms with Gasteiger partial charge in [0.05, 0.1) is 18.7 Å². The minimum atomic E-state index is 0.0291. The van der Waals surface area contributed by atoms with E-state index >= 15 is 0 Å². The summed E-state index contributed by atoms with van der Waals surface area (Å²) in [5.74, 6) is 0. The molecule has 1 aliphatic heterocycles. The molecule has 0 aromatic carbocycles. The molecule has 0 radical (unpaired) electrons.